The first kappa shape index (κ1) is 10.6. The molecule has 1 aliphatic rings. The molecular formula is C12H21N. The Morgan fingerprint density at radius 1 is 1.62 bits per heavy atom. The molecule has 0 radical (unpaired) electrons. The standard InChI is InChI=1S/C12H21N/c1-4-10(2)8-12(9-13)7-5-6-11(12)3/h10-11H,4-8H2,1-3H3. The van der Waals surface area contributed by atoms with Gasteiger partial charge in [0.25, 0.3) is 0 Å². The minimum absolute atomic E-state index is 0.0232. The van der Waals surface area contributed by atoms with Crippen molar-refractivity contribution in [1.82, 2.24) is 0 Å². The fourth-order valence-corrected chi connectivity index (χ4v) is 2.53. The third-order valence-electron chi connectivity index (χ3n) is 3.84. The maximum atomic E-state index is 9.28. The lowest BCUT2D eigenvalue weighted by molar-refractivity contribution is 0.237. The van der Waals surface area contributed by atoms with Crippen LogP contribution in [0, 0.1) is 28.6 Å². The first-order chi connectivity index (χ1) is 6.14. The molecule has 1 rings (SSSR count). The largest absolute Gasteiger partial charge is 0.198 e. The molecule has 1 heteroatoms. The average Bonchev–Trinajstić information content (AvgIpc) is 2.48. The van der Waals surface area contributed by atoms with Gasteiger partial charge in [0.15, 0.2) is 0 Å². The van der Waals surface area contributed by atoms with Crippen molar-refractivity contribution >= 4 is 0 Å². The molecule has 0 heterocycles. The van der Waals surface area contributed by atoms with Crippen molar-refractivity contribution in [1.29, 1.82) is 5.26 Å². The van der Waals surface area contributed by atoms with Crippen LogP contribution >= 0.6 is 0 Å². The number of nitriles is 1. The van der Waals surface area contributed by atoms with Gasteiger partial charge in [-0.05, 0) is 31.1 Å². The van der Waals surface area contributed by atoms with E-state index in [1.807, 2.05) is 0 Å². The first-order valence-corrected chi connectivity index (χ1v) is 5.56. The fourth-order valence-electron chi connectivity index (χ4n) is 2.53. The zero-order valence-electron chi connectivity index (χ0n) is 9.14. The van der Waals surface area contributed by atoms with Crippen LogP contribution < -0.4 is 0 Å². The van der Waals surface area contributed by atoms with Crippen LogP contribution in [-0.4, -0.2) is 0 Å². The zero-order valence-corrected chi connectivity index (χ0v) is 9.14. The van der Waals surface area contributed by atoms with Gasteiger partial charge in [0.2, 0.25) is 0 Å². The maximum absolute atomic E-state index is 9.28. The van der Waals surface area contributed by atoms with E-state index in [0.717, 1.165) is 12.8 Å². The molecular weight excluding hydrogens is 158 g/mol. The minimum Gasteiger partial charge on any atom is -0.198 e. The van der Waals surface area contributed by atoms with Crippen LogP contribution in [-0.2, 0) is 0 Å². The van der Waals surface area contributed by atoms with E-state index >= 15 is 0 Å². The molecule has 0 spiro atoms. The van der Waals surface area contributed by atoms with Crippen molar-refractivity contribution in [3.63, 3.8) is 0 Å². The summed E-state index contributed by atoms with van der Waals surface area (Å²) in [6.07, 6.45) is 5.96. The molecule has 1 saturated carbocycles. The van der Waals surface area contributed by atoms with Crippen LogP contribution in [0.2, 0.25) is 0 Å². The summed E-state index contributed by atoms with van der Waals surface area (Å²) in [5, 5.41) is 9.28. The smallest absolute Gasteiger partial charge is 0.0692 e. The second kappa shape index (κ2) is 4.13. The second-order valence-electron chi connectivity index (χ2n) is 4.78. The Balaban J connectivity index is 2.65. The molecule has 0 amide bonds. The molecule has 0 bridgehead atoms. The van der Waals surface area contributed by atoms with E-state index in [1.165, 1.54) is 19.3 Å². The van der Waals surface area contributed by atoms with Gasteiger partial charge < -0.3 is 0 Å². The van der Waals surface area contributed by atoms with Gasteiger partial charge in [-0.1, -0.05) is 33.6 Å². The van der Waals surface area contributed by atoms with Crippen LogP contribution in [0.5, 0.6) is 0 Å². The Morgan fingerprint density at radius 2 is 2.31 bits per heavy atom. The van der Waals surface area contributed by atoms with E-state index in [0.29, 0.717) is 11.8 Å². The third kappa shape index (κ3) is 2.05. The number of hydrogen-bond donors (Lipinski definition) is 0. The third-order valence-corrected chi connectivity index (χ3v) is 3.84. The molecule has 0 saturated heterocycles. The summed E-state index contributed by atoms with van der Waals surface area (Å²) in [4.78, 5) is 0. The van der Waals surface area contributed by atoms with Gasteiger partial charge in [0, 0.05) is 0 Å². The van der Waals surface area contributed by atoms with Crippen LogP contribution in [0.3, 0.4) is 0 Å². The molecule has 0 aromatic carbocycles. The Bertz CT molecular complexity index is 204. The zero-order chi connectivity index (χ0) is 9.90. The predicted octanol–water partition coefficient (Wildman–Crippen LogP) is 3.75. The Kier molecular flexibility index (Phi) is 3.36. The maximum Gasteiger partial charge on any atom is 0.0692 e. The number of nitrogens with zero attached hydrogens (tertiary/aromatic N) is 1. The van der Waals surface area contributed by atoms with E-state index in [2.05, 4.69) is 26.8 Å². The van der Waals surface area contributed by atoms with E-state index in [4.69, 9.17) is 0 Å². The fraction of sp³-hybridized carbons (Fsp3) is 0.917. The monoisotopic (exact) mass is 179 g/mol. The molecule has 1 aliphatic carbocycles. The summed E-state index contributed by atoms with van der Waals surface area (Å²) in [6, 6.07) is 2.59. The molecule has 0 N–H and O–H groups in total. The number of hydrogen-bond acceptors (Lipinski definition) is 1. The van der Waals surface area contributed by atoms with Gasteiger partial charge in [-0.3, -0.25) is 0 Å². The van der Waals surface area contributed by atoms with E-state index in [-0.39, 0.29) is 5.41 Å². The first-order valence-electron chi connectivity index (χ1n) is 5.56. The van der Waals surface area contributed by atoms with Gasteiger partial charge in [0.1, 0.15) is 0 Å². The SMILES string of the molecule is CCC(C)CC1(C#N)CCCC1C. The van der Waals surface area contributed by atoms with E-state index in [9.17, 15) is 5.26 Å². The average molecular weight is 179 g/mol. The summed E-state index contributed by atoms with van der Waals surface area (Å²) < 4.78 is 0. The molecule has 1 nitrogen and oxygen atoms in total. The van der Waals surface area contributed by atoms with Gasteiger partial charge >= 0.3 is 0 Å². The van der Waals surface area contributed by atoms with Crippen LogP contribution in [0.4, 0.5) is 0 Å². The molecule has 3 atom stereocenters. The van der Waals surface area contributed by atoms with Crippen molar-refractivity contribution in [3.05, 3.63) is 0 Å². The summed E-state index contributed by atoms with van der Waals surface area (Å²) in [6.45, 7) is 6.73. The van der Waals surface area contributed by atoms with Crippen LogP contribution in [0.15, 0.2) is 0 Å². The highest BCUT2D eigenvalue weighted by Gasteiger charge is 2.40. The minimum atomic E-state index is 0.0232. The van der Waals surface area contributed by atoms with Crippen molar-refractivity contribution in [2.75, 3.05) is 0 Å². The highest BCUT2D eigenvalue weighted by Crippen LogP contribution is 2.47. The Labute approximate surface area is 82.1 Å². The predicted molar refractivity (Wildman–Crippen MR) is 55.1 cm³/mol. The van der Waals surface area contributed by atoms with E-state index < -0.39 is 0 Å². The molecule has 0 aliphatic heterocycles. The van der Waals surface area contributed by atoms with Crippen molar-refractivity contribution in [3.8, 4) is 6.07 Å². The summed E-state index contributed by atoms with van der Waals surface area (Å²) in [5.74, 6) is 1.33. The van der Waals surface area contributed by atoms with Gasteiger partial charge in [0.05, 0.1) is 11.5 Å². The normalized spacial score (nSPS) is 35.7. The van der Waals surface area contributed by atoms with Crippen LogP contribution in [0.25, 0.3) is 0 Å². The topological polar surface area (TPSA) is 23.8 Å². The molecule has 1 fully saturated rings. The Hall–Kier alpha value is -0.510. The lowest BCUT2D eigenvalue weighted by Crippen LogP contribution is -2.24. The van der Waals surface area contributed by atoms with Gasteiger partial charge in [-0.15, -0.1) is 0 Å². The highest BCUT2D eigenvalue weighted by atomic mass is 14.5. The van der Waals surface area contributed by atoms with Crippen molar-refractivity contribution < 1.29 is 0 Å². The van der Waals surface area contributed by atoms with Gasteiger partial charge in [-0.25, -0.2) is 0 Å². The number of rotatable bonds is 3. The second-order valence-corrected chi connectivity index (χ2v) is 4.78. The van der Waals surface area contributed by atoms with E-state index in [1.54, 1.807) is 0 Å². The summed E-state index contributed by atoms with van der Waals surface area (Å²) in [7, 11) is 0. The molecule has 0 aromatic heterocycles. The van der Waals surface area contributed by atoms with Crippen LogP contribution in [0.1, 0.15) is 52.9 Å². The summed E-state index contributed by atoms with van der Waals surface area (Å²) in [5.41, 5.74) is 0.0232. The molecule has 0 aromatic rings. The molecule has 3 unspecified atom stereocenters. The lowest BCUT2D eigenvalue weighted by Gasteiger charge is -2.28. The quantitative estimate of drug-likeness (QED) is 0.647. The van der Waals surface area contributed by atoms with Crippen molar-refractivity contribution in [2.24, 2.45) is 17.3 Å². The highest BCUT2D eigenvalue weighted by molar-refractivity contribution is 5.05. The lowest BCUT2D eigenvalue weighted by atomic mass is 9.73. The Morgan fingerprint density at radius 3 is 2.69 bits per heavy atom. The molecule has 13 heavy (non-hydrogen) atoms. The summed E-state index contributed by atoms with van der Waals surface area (Å²) >= 11 is 0. The molecule has 74 valence electrons. The van der Waals surface area contributed by atoms with Crippen molar-refractivity contribution in [2.45, 2.75) is 52.9 Å². The van der Waals surface area contributed by atoms with Gasteiger partial charge in [-0.2, -0.15) is 5.26 Å².